The number of pyridine rings is 1. The van der Waals surface area contributed by atoms with Crippen LogP contribution in [0, 0.1) is 17.1 Å². The molecule has 0 aliphatic rings. The van der Waals surface area contributed by atoms with Gasteiger partial charge in [0.05, 0.1) is 11.1 Å². The van der Waals surface area contributed by atoms with Gasteiger partial charge in [0.25, 0.3) is 0 Å². The highest BCUT2D eigenvalue weighted by Crippen LogP contribution is 2.27. The van der Waals surface area contributed by atoms with Crippen LogP contribution in [0.5, 0.6) is 11.6 Å². The number of hydrogen-bond acceptors (Lipinski definition) is 4. The molecule has 0 aliphatic heterocycles. The minimum absolute atomic E-state index is 0.0101. The first-order valence-corrected chi connectivity index (χ1v) is 6.20. The van der Waals surface area contributed by atoms with E-state index in [1.165, 1.54) is 24.3 Å². The molecule has 3 aromatic rings. The predicted molar refractivity (Wildman–Crippen MR) is 77.3 cm³/mol. The predicted octanol–water partition coefficient (Wildman–Crippen LogP) is 3.62. The van der Waals surface area contributed by atoms with Crippen LogP contribution in [0.2, 0.25) is 0 Å². The summed E-state index contributed by atoms with van der Waals surface area (Å²) in [6, 6.07) is 14.9. The summed E-state index contributed by atoms with van der Waals surface area (Å²) in [4.78, 5) is 4.27. The van der Waals surface area contributed by atoms with Gasteiger partial charge in [-0.25, -0.2) is 9.37 Å². The molecule has 0 fully saturated rings. The second-order valence-corrected chi connectivity index (χ2v) is 4.43. The van der Waals surface area contributed by atoms with Crippen molar-refractivity contribution in [3.63, 3.8) is 0 Å². The Bertz CT molecular complexity index is 871. The molecule has 4 nitrogen and oxygen atoms in total. The third-order valence-electron chi connectivity index (χ3n) is 2.98. The van der Waals surface area contributed by atoms with Gasteiger partial charge < -0.3 is 10.5 Å². The quantitative estimate of drug-likeness (QED) is 0.727. The van der Waals surface area contributed by atoms with Crippen molar-refractivity contribution in [2.45, 2.75) is 0 Å². The Morgan fingerprint density at radius 2 is 1.95 bits per heavy atom. The molecule has 0 atom stereocenters. The lowest BCUT2D eigenvalue weighted by atomic mass is 10.1. The van der Waals surface area contributed by atoms with E-state index in [4.69, 9.17) is 10.5 Å². The topological polar surface area (TPSA) is 71.9 Å². The molecule has 2 N–H and O–H groups in total. The lowest BCUT2D eigenvalue weighted by molar-refractivity contribution is 0.429. The number of benzene rings is 2. The van der Waals surface area contributed by atoms with Crippen molar-refractivity contribution in [2.75, 3.05) is 5.73 Å². The molecule has 3 rings (SSSR count). The molecule has 0 aliphatic carbocycles. The molecule has 21 heavy (non-hydrogen) atoms. The Morgan fingerprint density at radius 3 is 2.71 bits per heavy atom. The lowest BCUT2D eigenvalue weighted by Gasteiger charge is -2.08. The minimum Gasteiger partial charge on any atom is -0.436 e. The third kappa shape index (κ3) is 2.47. The Hall–Kier alpha value is -3.13. The summed E-state index contributed by atoms with van der Waals surface area (Å²) < 4.78 is 19.2. The summed E-state index contributed by atoms with van der Waals surface area (Å²) in [5, 5.41) is 9.92. The Morgan fingerprint density at radius 1 is 1.14 bits per heavy atom. The molecule has 0 spiro atoms. The highest BCUT2D eigenvalue weighted by Gasteiger charge is 2.09. The number of aromatic nitrogens is 1. The summed E-state index contributed by atoms with van der Waals surface area (Å²) in [5.41, 5.74) is 6.83. The maximum absolute atomic E-state index is 13.7. The Kier molecular flexibility index (Phi) is 3.13. The van der Waals surface area contributed by atoms with E-state index in [1.807, 2.05) is 12.1 Å². The van der Waals surface area contributed by atoms with E-state index in [-0.39, 0.29) is 11.6 Å². The maximum Gasteiger partial charge on any atom is 0.221 e. The largest absolute Gasteiger partial charge is 0.436 e. The smallest absolute Gasteiger partial charge is 0.221 e. The van der Waals surface area contributed by atoms with Crippen LogP contribution in [0.1, 0.15) is 5.56 Å². The van der Waals surface area contributed by atoms with Gasteiger partial charge in [0.2, 0.25) is 5.88 Å². The van der Waals surface area contributed by atoms with Crippen molar-refractivity contribution in [1.82, 2.24) is 4.98 Å². The fraction of sp³-hybridized carbons (Fsp3) is 0. The van der Waals surface area contributed by atoms with Crippen molar-refractivity contribution in [2.24, 2.45) is 0 Å². The summed E-state index contributed by atoms with van der Waals surface area (Å²) in [6.07, 6.45) is 0. The minimum atomic E-state index is -0.580. The van der Waals surface area contributed by atoms with Crippen LogP contribution in [0.25, 0.3) is 10.9 Å². The summed E-state index contributed by atoms with van der Waals surface area (Å²) in [5.74, 6) is -0.409. The molecule has 102 valence electrons. The summed E-state index contributed by atoms with van der Waals surface area (Å²) in [6.45, 7) is 0. The van der Waals surface area contributed by atoms with Gasteiger partial charge in [-0.05, 0) is 18.2 Å². The van der Waals surface area contributed by atoms with E-state index < -0.39 is 5.82 Å². The van der Waals surface area contributed by atoms with E-state index in [0.29, 0.717) is 16.8 Å². The Balaban J connectivity index is 2.07. The van der Waals surface area contributed by atoms with Crippen molar-refractivity contribution < 1.29 is 9.13 Å². The average molecular weight is 279 g/mol. The fourth-order valence-corrected chi connectivity index (χ4v) is 2.01. The van der Waals surface area contributed by atoms with Crippen LogP contribution in [-0.2, 0) is 0 Å². The van der Waals surface area contributed by atoms with Crippen LogP contribution in [-0.4, -0.2) is 4.98 Å². The first-order chi connectivity index (χ1) is 10.2. The second kappa shape index (κ2) is 5.10. The number of para-hydroxylation sites is 1. The van der Waals surface area contributed by atoms with Crippen LogP contribution < -0.4 is 10.5 Å². The van der Waals surface area contributed by atoms with Gasteiger partial charge in [-0.3, -0.25) is 0 Å². The molecule has 0 unspecified atom stereocenters. The zero-order chi connectivity index (χ0) is 14.8. The number of rotatable bonds is 2. The zero-order valence-corrected chi connectivity index (χ0v) is 10.9. The number of anilines is 1. The molecule has 0 amide bonds. The van der Waals surface area contributed by atoms with E-state index in [1.54, 1.807) is 12.1 Å². The van der Waals surface area contributed by atoms with E-state index in [0.717, 1.165) is 5.39 Å². The zero-order valence-electron chi connectivity index (χ0n) is 10.9. The number of nitrogens with two attached hydrogens (primary N) is 1. The molecule has 0 saturated carbocycles. The van der Waals surface area contributed by atoms with Crippen LogP contribution in [0.3, 0.4) is 0 Å². The number of ether oxygens (including phenoxy) is 1. The summed E-state index contributed by atoms with van der Waals surface area (Å²) >= 11 is 0. The van der Waals surface area contributed by atoms with Gasteiger partial charge in [0.1, 0.15) is 6.07 Å². The average Bonchev–Trinajstić information content (AvgIpc) is 2.49. The molecule has 2 aromatic carbocycles. The van der Waals surface area contributed by atoms with E-state index >= 15 is 0 Å². The number of halogens is 1. The number of nitriles is 1. The van der Waals surface area contributed by atoms with Gasteiger partial charge >= 0.3 is 0 Å². The fourth-order valence-electron chi connectivity index (χ4n) is 2.01. The monoisotopic (exact) mass is 279 g/mol. The SMILES string of the molecule is N#Cc1cc(Oc2ccc(N)cc2F)nc2ccccc12. The number of nitrogens with zero attached hydrogens (tertiary/aromatic N) is 2. The van der Waals surface area contributed by atoms with Crippen LogP contribution in [0.15, 0.2) is 48.5 Å². The highest BCUT2D eigenvalue weighted by atomic mass is 19.1. The summed E-state index contributed by atoms with van der Waals surface area (Å²) in [7, 11) is 0. The van der Waals surface area contributed by atoms with Gasteiger partial charge in [0.15, 0.2) is 11.6 Å². The van der Waals surface area contributed by atoms with E-state index in [9.17, 15) is 9.65 Å². The second-order valence-electron chi connectivity index (χ2n) is 4.43. The van der Waals surface area contributed by atoms with E-state index in [2.05, 4.69) is 11.1 Å². The van der Waals surface area contributed by atoms with Gasteiger partial charge in [-0.2, -0.15) is 5.26 Å². The molecule has 0 radical (unpaired) electrons. The highest BCUT2D eigenvalue weighted by molar-refractivity contribution is 5.85. The van der Waals surface area contributed by atoms with Gasteiger partial charge in [-0.1, -0.05) is 18.2 Å². The number of nitrogen functional groups attached to an aromatic ring is 1. The van der Waals surface area contributed by atoms with Crippen molar-refractivity contribution in [3.05, 3.63) is 59.9 Å². The number of fused-ring (bicyclic) bond motifs is 1. The molecule has 1 aromatic heterocycles. The molecular formula is C16H10FN3O. The van der Waals surface area contributed by atoms with Gasteiger partial charge in [-0.15, -0.1) is 0 Å². The molecule has 0 bridgehead atoms. The van der Waals surface area contributed by atoms with Crippen molar-refractivity contribution >= 4 is 16.6 Å². The van der Waals surface area contributed by atoms with Crippen LogP contribution >= 0.6 is 0 Å². The van der Waals surface area contributed by atoms with Gasteiger partial charge in [0, 0.05) is 23.2 Å². The molecule has 0 saturated heterocycles. The first kappa shape index (κ1) is 12.9. The molecular weight excluding hydrogens is 269 g/mol. The molecule has 5 heteroatoms. The normalized spacial score (nSPS) is 10.3. The first-order valence-electron chi connectivity index (χ1n) is 6.20. The Labute approximate surface area is 120 Å². The molecule has 1 heterocycles. The maximum atomic E-state index is 13.7. The van der Waals surface area contributed by atoms with Crippen molar-refractivity contribution in [1.29, 1.82) is 5.26 Å². The number of hydrogen-bond donors (Lipinski definition) is 1. The van der Waals surface area contributed by atoms with Crippen LogP contribution in [0.4, 0.5) is 10.1 Å². The standard InChI is InChI=1S/C16H10FN3O/c17-13-8-11(19)5-6-15(13)21-16-7-10(9-18)12-3-1-2-4-14(12)20-16/h1-8H,19H2. The third-order valence-corrected chi connectivity index (χ3v) is 2.98. The van der Waals surface area contributed by atoms with Crippen molar-refractivity contribution in [3.8, 4) is 17.7 Å². The lowest BCUT2D eigenvalue weighted by Crippen LogP contribution is -1.94.